The number of anilines is 1. The zero-order valence-electron chi connectivity index (χ0n) is 14.7. The van der Waals surface area contributed by atoms with E-state index in [1.807, 2.05) is 43.3 Å². The Hall–Kier alpha value is -2.27. The fourth-order valence-corrected chi connectivity index (χ4v) is 3.95. The van der Waals surface area contributed by atoms with E-state index in [1.165, 1.54) is 4.90 Å². The Kier molecular flexibility index (Phi) is 5.37. The zero-order valence-corrected chi connectivity index (χ0v) is 15.6. The van der Waals surface area contributed by atoms with Crippen LogP contribution in [0.25, 0.3) is 0 Å². The van der Waals surface area contributed by atoms with Crippen molar-refractivity contribution in [1.29, 1.82) is 0 Å². The van der Waals surface area contributed by atoms with Crippen LogP contribution in [0.15, 0.2) is 60.7 Å². The molecule has 26 heavy (non-hydrogen) atoms. The van der Waals surface area contributed by atoms with Gasteiger partial charge in [0, 0.05) is 10.4 Å². The van der Waals surface area contributed by atoms with E-state index in [0.29, 0.717) is 5.69 Å². The van der Waals surface area contributed by atoms with E-state index in [2.05, 4.69) is 0 Å². The number of benzene rings is 2. The maximum atomic E-state index is 13.5. The van der Waals surface area contributed by atoms with Crippen LogP contribution >= 0.6 is 12.6 Å². The summed E-state index contributed by atoms with van der Waals surface area (Å²) in [6.45, 7) is 1.67. The first-order valence-corrected chi connectivity index (χ1v) is 9.22. The molecule has 0 bridgehead atoms. The Bertz CT molecular complexity index is 774. The third-order valence-electron chi connectivity index (χ3n) is 5.06. The number of rotatable bonds is 7. The number of amides is 1. The number of carboxylic acid groups (broad SMARTS) is 1. The van der Waals surface area contributed by atoms with E-state index in [4.69, 9.17) is 12.6 Å². The third-order valence-corrected chi connectivity index (χ3v) is 5.79. The lowest BCUT2D eigenvalue weighted by molar-refractivity contribution is -0.137. The maximum Gasteiger partial charge on any atom is 0.323 e. The molecular weight excluding hydrogens is 346 g/mol. The highest BCUT2D eigenvalue weighted by Gasteiger charge is 2.53. The third kappa shape index (κ3) is 3.93. The largest absolute Gasteiger partial charge is 0.480 e. The standard InChI is InChI=1S/C21H23NO3S/c1-15(16-8-4-2-5-9-16)19(21(26)12-13-21)20(25)22(14-18(23)24)17-10-6-3-7-11-17/h2-11,15,19,26H,12-14H2,1H3,(H,23,24). The highest BCUT2D eigenvalue weighted by Crippen LogP contribution is 2.53. The molecule has 2 aromatic rings. The van der Waals surface area contributed by atoms with Crippen LogP contribution in [0.4, 0.5) is 5.69 Å². The van der Waals surface area contributed by atoms with Gasteiger partial charge in [-0.1, -0.05) is 55.5 Å². The molecule has 5 heteroatoms. The minimum Gasteiger partial charge on any atom is -0.480 e. The van der Waals surface area contributed by atoms with Gasteiger partial charge in [-0.25, -0.2) is 0 Å². The average molecular weight is 369 g/mol. The number of hydrogen-bond donors (Lipinski definition) is 2. The smallest absolute Gasteiger partial charge is 0.323 e. The van der Waals surface area contributed by atoms with Gasteiger partial charge in [-0.05, 0) is 36.5 Å². The lowest BCUT2D eigenvalue weighted by atomic mass is 9.82. The molecule has 2 aromatic carbocycles. The molecule has 1 aliphatic rings. The molecule has 4 nitrogen and oxygen atoms in total. The van der Waals surface area contributed by atoms with Crippen molar-refractivity contribution >= 4 is 30.2 Å². The molecule has 1 fully saturated rings. The average Bonchev–Trinajstić information content (AvgIpc) is 3.38. The number of carboxylic acids is 1. The van der Waals surface area contributed by atoms with Gasteiger partial charge in [-0.3, -0.25) is 9.59 Å². The number of thiol groups is 1. The Morgan fingerprint density at radius 3 is 2.12 bits per heavy atom. The highest BCUT2D eigenvalue weighted by molar-refractivity contribution is 7.82. The molecule has 1 saturated carbocycles. The molecule has 3 rings (SSSR count). The summed E-state index contributed by atoms with van der Waals surface area (Å²) in [5.41, 5.74) is 1.66. The number of carbonyl (C=O) groups excluding carboxylic acids is 1. The van der Waals surface area contributed by atoms with Gasteiger partial charge in [0.25, 0.3) is 0 Å². The fourth-order valence-electron chi connectivity index (χ4n) is 3.50. The molecule has 0 radical (unpaired) electrons. The summed E-state index contributed by atoms with van der Waals surface area (Å²) in [6.07, 6.45) is 1.72. The first-order chi connectivity index (χ1) is 12.4. The van der Waals surface area contributed by atoms with Crippen LogP contribution in [0.2, 0.25) is 0 Å². The van der Waals surface area contributed by atoms with Gasteiger partial charge in [0.2, 0.25) is 5.91 Å². The molecule has 136 valence electrons. The number of hydrogen-bond acceptors (Lipinski definition) is 3. The van der Waals surface area contributed by atoms with Gasteiger partial charge in [-0.2, -0.15) is 12.6 Å². The van der Waals surface area contributed by atoms with Crippen molar-refractivity contribution in [2.45, 2.75) is 30.4 Å². The second-order valence-corrected chi connectivity index (χ2v) is 7.82. The van der Waals surface area contributed by atoms with E-state index in [-0.39, 0.29) is 29.0 Å². The van der Waals surface area contributed by atoms with Crippen molar-refractivity contribution in [3.05, 3.63) is 66.2 Å². The van der Waals surface area contributed by atoms with Gasteiger partial charge >= 0.3 is 5.97 Å². The minimum atomic E-state index is -1.03. The SMILES string of the molecule is CC(c1ccccc1)C(C(=O)N(CC(=O)O)c1ccccc1)C1(S)CC1. The summed E-state index contributed by atoms with van der Waals surface area (Å²) in [5, 5.41) is 9.34. The van der Waals surface area contributed by atoms with Crippen molar-refractivity contribution in [1.82, 2.24) is 0 Å². The molecule has 0 heterocycles. The predicted molar refractivity (Wildman–Crippen MR) is 106 cm³/mol. The second-order valence-electron chi connectivity index (χ2n) is 6.93. The van der Waals surface area contributed by atoms with Gasteiger partial charge in [0.1, 0.15) is 6.54 Å². The van der Waals surface area contributed by atoms with Crippen LogP contribution in [0.1, 0.15) is 31.2 Å². The molecule has 2 atom stereocenters. The molecule has 0 saturated heterocycles. The van der Waals surface area contributed by atoms with E-state index in [0.717, 1.165) is 18.4 Å². The first-order valence-electron chi connectivity index (χ1n) is 8.78. The Balaban J connectivity index is 1.96. The van der Waals surface area contributed by atoms with Gasteiger partial charge in [-0.15, -0.1) is 0 Å². The summed E-state index contributed by atoms with van der Waals surface area (Å²) < 4.78 is -0.377. The monoisotopic (exact) mass is 369 g/mol. The van der Waals surface area contributed by atoms with Crippen LogP contribution < -0.4 is 4.90 Å². The Labute approximate surface area is 159 Å². The van der Waals surface area contributed by atoms with Crippen LogP contribution in [0, 0.1) is 5.92 Å². The van der Waals surface area contributed by atoms with Crippen molar-refractivity contribution in [2.75, 3.05) is 11.4 Å². The fraction of sp³-hybridized carbons (Fsp3) is 0.333. The van der Waals surface area contributed by atoms with Gasteiger partial charge in [0.15, 0.2) is 0 Å². The molecule has 0 spiro atoms. The molecule has 0 aliphatic heterocycles. The van der Waals surface area contributed by atoms with E-state index < -0.39 is 5.97 Å². The van der Waals surface area contributed by atoms with Gasteiger partial charge < -0.3 is 10.0 Å². The van der Waals surface area contributed by atoms with Crippen LogP contribution in [0.3, 0.4) is 0 Å². The van der Waals surface area contributed by atoms with Crippen molar-refractivity contribution < 1.29 is 14.7 Å². The normalized spacial score (nSPS) is 17.2. The van der Waals surface area contributed by atoms with E-state index in [1.54, 1.807) is 24.3 Å². The molecule has 1 amide bonds. The topological polar surface area (TPSA) is 57.6 Å². The number of carbonyl (C=O) groups is 2. The first kappa shape index (κ1) is 18.5. The van der Waals surface area contributed by atoms with Crippen LogP contribution in [-0.4, -0.2) is 28.3 Å². The Morgan fingerprint density at radius 2 is 1.62 bits per heavy atom. The van der Waals surface area contributed by atoms with Crippen LogP contribution in [-0.2, 0) is 9.59 Å². The number of para-hydroxylation sites is 1. The number of aliphatic carboxylic acids is 1. The molecule has 2 unspecified atom stereocenters. The lowest BCUT2D eigenvalue weighted by Gasteiger charge is -2.33. The summed E-state index contributed by atoms with van der Waals surface area (Å²) in [5.74, 6) is -1.64. The van der Waals surface area contributed by atoms with Crippen molar-refractivity contribution in [3.63, 3.8) is 0 Å². The van der Waals surface area contributed by atoms with Gasteiger partial charge in [0.05, 0.1) is 5.92 Å². The summed E-state index contributed by atoms with van der Waals surface area (Å²) in [4.78, 5) is 26.3. The molecular formula is C21H23NO3S. The van der Waals surface area contributed by atoms with E-state index in [9.17, 15) is 14.7 Å². The molecule has 0 aromatic heterocycles. The minimum absolute atomic E-state index is 0.0521. The highest BCUT2D eigenvalue weighted by atomic mass is 32.1. The zero-order chi connectivity index (χ0) is 18.7. The second kappa shape index (κ2) is 7.54. The molecule has 1 aliphatic carbocycles. The quantitative estimate of drug-likeness (QED) is 0.726. The maximum absolute atomic E-state index is 13.5. The lowest BCUT2D eigenvalue weighted by Crippen LogP contribution is -2.45. The Morgan fingerprint density at radius 1 is 1.08 bits per heavy atom. The predicted octanol–water partition coefficient (Wildman–Crippen LogP) is 3.99. The summed E-state index contributed by atoms with van der Waals surface area (Å²) in [7, 11) is 0. The summed E-state index contributed by atoms with van der Waals surface area (Å²) >= 11 is 4.79. The van der Waals surface area contributed by atoms with Crippen molar-refractivity contribution in [2.24, 2.45) is 5.92 Å². The van der Waals surface area contributed by atoms with Crippen molar-refractivity contribution in [3.8, 4) is 0 Å². The molecule has 1 N–H and O–H groups in total. The summed E-state index contributed by atoms with van der Waals surface area (Å²) in [6, 6.07) is 18.9. The van der Waals surface area contributed by atoms with Crippen LogP contribution in [0.5, 0.6) is 0 Å². The van der Waals surface area contributed by atoms with E-state index >= 15 is 0 Å². The number of nitrogens with zero attached hydrogens (tertiary/aromatic N) is 1.